The summed E-state index contributed by atoms with van der Waals surface area (Å²) in [5.74, 6) is 2.86. The summed E-state index contributed by atoms with van der Waals surface area (Å²) in [6, 6.07) is 8.96. The number of rotatable bonds is 13. The van der Waals surface area contributed by atoms with Crippen LogP contribution in [0.4, 0.5) is 5.82 Å². The van der Waals surface area contributed by atoms with E-state index in [0.717, 1.165) is 96.0 Å². The summed E-state index contributed by atoms with van der Waals surface area (Å²) in [7, 11) is 0. The zero-order valence-corrected chi connectivity index (χ0v) is 37.4. The number of morpholine rings is 1. The molecule has 0 spiro atoms. The number of ketones is 2. The SMILES string of the molecule is CC(=O)[C@]12CC(=O)C3C[C@@H](Oc4cc(-n5ccc(NC(C)C)n5)nc5cc(OCCN6CCOCC6)ccc45)CN3C(=O)[C@@H](CC(=O)OC3C[C@@H]4C[C@@H]4C3)CCCCCCC[C@@H]1C2. The van der Waals surface area contributed by atoms with Crippen LogP contribution in [0.2, 0.25) is 0 Å². The maximum absolute atomic E-state index is 14.9. The van der Waals surface area contributed by atoms with Crippen LogP contribution in [0.15, 0.2) is 36.5 Å². The second kappa shape index (κ2) is 18.9. The fourth-order valence-electron chi connectivity index (χ4n) is 11.0. The normalized spacial score (nSPS) is 30.2. The molecular formula is C49H66N6O8. The Labute approximate surface area is 371 Å². The maximum Gasteiger partial charge on any atom is 0.306 e. The Morgan fingerprint density at radius 3 is 2.51 bits per heavy atom. The second-order valence-electron chi connectivity index (χ2n) is 19.7. The van der Waals surface area contributed by atoms with E-state index in [9.17, 15) is 19.2 Å². The van der Waals surface area contributed by atoms with E-state index < -0.39 is 23.5 Å². The van der Waals surface area contributed by atoms with Crippen molar-refractivity contribution in [1.82, 2.24) is 24.6 Å². The number of anilines is 1. The number of ether oxygens (including phenoxy) is 4. The smallest absolute Gasteiger partial charge is 0.306 e. The molecule has 6 aliphatic rings. The number of nitrogens with zero attached hydrogens (tertiary/aromatic N) is 5. The first-order valence-corrected chi connectivity index (χ1v) is 23.9. The van der Waals surface area contributed by atoms with Gasteiger partial charge in [-0.05, 0) is 89.2 Å². The highest BCUT2D eigenvalue weighted by atomic mass is 16.5. The zero-order chi connectivity index (χ0) is 43.7. The van der Waals surface area contributed by atoms with Gasteiger partial charge in [-0.1, -0.05) is 32.1 Å². The van der Waals surface area contributed by atoms with E-state index in [1.165, 1.54) is 6.42 Å². The van der Waals surface area contributed by atoms with Gasteiger partial charge in [-0.15, -0.1) is 5.10 Å². The van der Waals surface area contributed by atoms with Gasteiger partial charge in [0, 0.05) is 79.6 Å². The minimum Gasteiger partial charge on any atom is -0.492 e. The molecule has 0 radical (unpaired) electrons. The van der Waals surface area contributed by atoms with E-state index in [0.29, 0.717) is 53.5 Å². The zero-order valence-electron chi connectivity index (χ0n) is 37.4. The number of nitrogens with one attached hydrogen (secondary N) is 1. The molecule has 8 atom stereocenters. The Kier molecular flexibility index (Phi) is 13.1. The van der Waals surface area contributed by atoms with Gasteiger partial charge in [0.15, 0.2) is 11.6 Å². The van der Waals surface area contributed by atoms with Gasteiger partial charge in [0.25, 0.3) is 0 Å². The van der Waals surface area contributed by atoms with E-state index in [-0.39, 0.29) is 67.3 Å². The molecule has 6 fully saturated rings. The number of carbonyl (C=O) groups excluding carboxylic acids is 4. The molecule has 1 amide bonds. The van der Waals surface area contributed by atoms with Gasteiger partial charge in [-0.2, -0.15) is 0 Å². The number of amides is 1. The van der Waals surface area contributed by atoms with Crippen molar-refractivity contribution in [3.05, 3.63) is 36.5 Å². The van der Waals surface area contributed by atoms with E-state index in [4.69, 9.17) is 29.0 Å². The molecule has 340 valence electrons. The molecule has 0 bridgehead atoms. The van der Waals surface area contributed by atoms with Crippen LogP contribution < -0.4 is 14.8 Å². The van der Waals surface area contributed by atoms with Gasteiger partial charge >= 0.3 is 5.97 Å². The van der Waals surface area contributed by atoms with Crippen LogP contribution in [0.1, 0.15) is 111 Å². The summed E-state index contributed by atoms with van der Waals surface area (Å²) >= 11 is 0. The molecule has 3 saturated carbocycles. The monoisotopic (exact) mass is 866 g/mol. The first-order chi connectivity index (χ1) is 30.5. The first kappa shape index (κ1) is 43.7. The number of hydrogen-bond acceptors (Lipinski definition) is 12. The molecule has 1 aromatic carbocycles. The van der Waals surface area contributed by atoms with E-state index in [1.54, 1.807) is 16.5 Å². The summed E-state index contributed by atoms with van der Waals surface area (Å²) in [6.45, 7) is 10.4. The Morgan fingerprint density at radius 1 is 0.952 bits per heavy atom. The first-order valence-electron chi connectivity index (χ1n) is 23.9. The van der Waals surface area contributed by atoms with Gasteiger partial charge in [-0.3, -0.25) is 24.1 Å². The molecule has 2 unspecified atom stereocenters. The van der Waals surface area contributed by atoms with Crippen molar-refractivity contribution in [1.29, 1.82) is 0 Å². The molecular weight excluding hydrogens is 801 g/mol. The lowest BCUT2D eigenvalue weighted by Gasteiger charge is -2.29. The highest BCUT2D eigenvalue weighted by Gasteiger charge is 2.59. The Bertz CT molecular complexity index is 2140. The molecule has 3 saturated heterocycles. The van der Waals surface area contributed by atoms with Crippen molar-refractivity contribution in [2.45, 2.75) is 135 Å². The molecule has 2 aromatic heterocycles. The fraction of sp³-hybridized carbons (Fsp3) is 0.673. The highest BCUT2D eigenvalue weighted by molar-refractivity contribution is 5.97. The number of hydrogen-bond donors (Lipinski definition) is 1. The van der Waals surface area contributed by atoms with Crippen molar-refractivity contribution in [2.75, 3.05) is 51.3 Å². The molecule has 9 rings (SSSR count). The van der Waals surface area contributed by atoms with Crippen LogP contribution in [-0.4, -0.2) is 118 Å². The largest absolute Gasteiger partial charge is 0.492 e. The quantitative estimate of drug-likeness (QED) is 0.177. The van der Waals surface area contributed by atoms with Crippen LogP contribution in [-0.2, 0) is 28.7 Å². The topological polar surface area (TPSA) is 154 Å². The number of carbonyl (C=O) groups is 4. The number of esters is 1. The summed E-state index contributed by atoms with van der Waals surface area (Å²) in [6.07, 6.45) is 11.8. The van der Waals surface area contributed by atoms with Crippen LogP contribution in [0.25, 0.3) is 16.7 Å². The van der Waals surface area contributed by atoms with Crippen LogP contribution in [0.3, 0.4) is 0 Å². The summed E-state index contributed by atoms with van der Waals surface area (Å²) in [5, 5.41) is 8.86. The average molecular weight is 867 g/mol. The van der Waals surface area contributed by atoms with E-state index in [2.05, 4.69) is 24.1 Å². The third kappa shape index (κ3) is 10.2. The molecule has 14 heteroatoms. The number of aromatic nitrogens is 3. The fourth-order valence-corrected chi connectivity index (χ4v) is 11.0. The lowest BCUT2D eigenvalue weighted by Crippen LogP contribution is -2.45. The third-order valence-electron chi connectivity index (χ3n) is 14.8. The van der Waals surface area contributed by atoms with Crippen LogP contribution in [0, 0.1) is 29.1 Å². The number of Topliss-reactive ketones (excluding diaryl/α,β-unsaturated/α-hetero) is 2. The molecule has 5 heterocycles. The van der Waals surface area contributed by atoms with E-state index in [1.807, 2.05) is 36.5 Å². The minimum absolute atomic E-state index is 0.000212. The number of benzene rings is 1. The van der Waals surface area contributed by atoms with Crippen molar-refractivity contribution in [3.63, 3.8) is 0 Å². The minimum atomic E-state index is -0.777. The van der Waals surface area contributed by atoms with Gasteiger partial charge in [0.05, 0.1) is 37.7 Å². The molecule has 14 nitrogen and oxygen atoms in total. The highest BCUT2D eigenvalue weighted by Crippen LogP contribution is 2.59. The predicted octanol–water partition coefficient (Wildman–Crippen LogP) is 6.95. The Hall–Kier alpha value is -4.56. The van der Waals surface area contributed by atoms with Crippen LogP contribution >= 0.6 is 0 Å². The Balaban J connectivity index is 0.993. The summed E-state index contributed by atoms with van der Waals surface area (Å²) in [4.78, 5) is 65.3. The van der Waals surface area contributed by atoms with Gasteiger partial charge < -0.3 is 29.2 Å². The molecule has 3 aliphatic carbocycles. The van der Waals surface area contributed by atoms with Gasteiger partial charge in [-0.25, -0.2) is 9.67 Å². The van der Waals surface area contributed by atoms with Crippen molar-refractivity contribution in [2.24, 2.45) is 29.1 Å². The standard InChI is InChI=1S/C49H66N6O8/c1-31(2)50-45-13-14-55(52-45)46-27-44(40-12-11-37(25-41(40)51-46)61-20-17-53-15-18-60-19-16-53)62-39-26-42-43(57)29-49(32(3)56)28-36(49)10-8-6-4-5-7-9-33(48(59)54(42)30-39)24-47(58)63-38-22-34-21-35(34)23-38/h11-14,25,27,31,33-36,38-39,42H,4-10,15-24,26,28-30H2,1-3H3,(H,50,52)/t33-,34-,35+,36-,38?,39-,42?,49+/m1/s1. The van der Waals surface area contributed by atoms with Gasteiger partial charge in [0.1, 0.15) is 41.9 Å². The predicted molar refractivity (Wildman–Crippen MR) is 237 cm³/mol. The van der Waals surface area contributed by atoms with Crippen LogP contribution in [0.5, 0.6) is 11.5 Å². The number of fused-ring (bicyclic) bond motifs is 4. The summed E-state index contributed by atoms with van der Waals surface area (Å²) < 4.78 is 26.4. The van der Waals surface area contributed by atoms with E-state index >= 15 is 0 Å². The lowest BCUT2D eigenvalue weighted by molar-refractivity contribution is -0.154. The van der Waals surface area contributed by atoms with Crippen molar-refractivity contribution in [3.8, 4) is 17.3 Å². The maximum atomic E-state index is 14.9. The third-order valence-corrected chi connectivity index (χ3v) is 14.8. The average Bonchev–Trinajstić information content (AvgIpc) is 3.91. The van der Waals surface area contributed by atoms with Crippen molar-refractivity contribution < 1.29 is 38.1 Å². The molecule has 3 aromatic rings. The molecule has 63 heavy (non-hydrogen) atoms. The Morgan fingerprint density at radius 2 is 1.73 bits per heavy atom. The molecule has 1 N–H and O–H groups in total. The van der Waals surface area contributed by atoms with Crippen molar-refractivity contribution >= 4 is 40.2 Å². The second-order valence-corrected chi connectivity index (χ2v) is 19.7. The summed E-state index contributed by atoms with van der Waals surface area (Å²) in [5.41, 5.74) is -0.0111. The van der Waals surface area contributed by atoms with Gasteiger partial charge in [0.2, 0.25) is 5.91 Å². The lowest BCUT2D eigenvalue weighted by atomic mass is 9.87. The number of pyridine rings is 1. The molecule has 3 aliphatic heterocycles.